The van der Waals surface area contributed by atoms with E-state index in [-0.39, 0.29) is 0 Å². The van der Waals surface area contributed by atoms with Gasteiger partial charge in [0.2, 0.25) is 0 Å². The minimum absolute atomic E-state index is 0.602. The van der Waals surface area contributed by atoms with E-state index in [1.165, 1.54) is 9.81 Å². The summed E-state index contributed by atoms with van der Waals surface area (Å²) in [5.74, 6) is 0.602. The van der Waals surface area contributed by atoms with E-state index in [1.54, 1.807) is 5.57 Å². The fraction of sp³-hybridized carbons (Fsp3) is 0.231. The monoisotopic (exact) mass is 215 g/mol. The lowest BCUT2D eigenvalue weighted by Crippen LogP contribution is -2.08. The molecular weight excluding hydrogens is 202 g/mol. The summed E-state index contributed by atoms with van der Waals surface area (Å²) in [4.78, 5) is 2.86. The first-order chi connectivity index (χ1) is 7.34. The molecule has 1 heterocycles. The lowest BCUT2D eigenvalue weighted by atomic mass is 9.89. The number of thioether (sulfide) groups is 1. The highest BCUT2D eigenvalue weighted by Gasteiger charge is 2.30. The molecule has 2 aliphatic carbocycles. The Morgan fingerprint density at radius 2 is 2.27 bits per heavy atom. The topological polar surface area (TPSA) is 26.0 Å². The maximum absolute atomic E-state index is 5.83. The highest BCUT2D eigenvalue weighted by molar-refractivity contribution is 8.07. The van der Waals surface area contributed by atoms with Crippen molar-refractivity contribution < 1.29 is 0 Å². The Morgan fingerprint density at radius 3 is 3.20 bits per heavy atom. The molecule has 2 N–H and O–H groups in total. The molecule has 0 saturated carbocycles. The summed E-state index contributed by atoms with van der Waals surface area (Å²) < 4.78 is 0. The van der Waals surface area contributed by atoms with Gasteiger partial charge in [0.05, 0.1) is 0 Å². The van der Waals surface area contributed by atoms with Crippen LogP contribution in [0, 0.1) is 5.92 Å². The summed E-state index contributed by atoms with van der Waals surface area (Å²) in [7, 11) is 0. The molecule has 0 spiro atoms. The maximum Gasteiger partial charge on any atom is 0.0282 e. The Bertz CT molecular complexity index is 449. The van der Waals surface area contributed by atoms with E-state index in [2.05, 4.69) is 36.5 Å². The Balaban J connectivity index is 1.98. The van der Waals surface area contributed by atoms with E-state index in [0.717, 1.165) is 18.5 Å². The van der Waals surface area contributed by atoms with Gasteiger partial charge in [0.15, 0.2) is 0 Å². The number of rotatable bonds is 0. The Morgan fingerprint density at radius 1 is 1.33 bits per heavy atom. The number of allylic oxidation sites excluding steroid dienone is 8. The molecule has 0 aromatic rings. The van der Waals surface area contributed by atoms with Crippen molar-refractivity contribution in [3.8, 4) is 0 Å². The van der Waals surface area contributed by atoms with Crippen LogP contribution in [-0.4, -0.2) is 0 Å². The fourth-order valence-corrected chi connectivity index (χ4v) is 3.61. The molecule has 0 fully saturated rings. The van der Waals surface area contributed by atoms with Crippen molar-refractivity contribution in [2.45, 2.75) is 12.8 Å². The second kappa shape index (κ2) is 3.46. The largest absolute Gasteiger partial charge is 0.399 e. The molecule has 0 amide bonds. The SMILES string of the molecule is NC1=CC[C@@H]2C(=C1)SC1=C2CC=CC=C1. The van der Waals surface area contributed by atoms with Gasteiger partial charge < -0.3 is 5.73 Å². The van der Waals surface area contributed by atoms with E-state index in [4.69, 9.17) is 5.73 Å². The summed E-state index contributed by atoms with van der Waals surface area (Å²) in [6.07, 6.45) is 15.2. The fourth-order valence-electron chi connectivity index (χ4n) is 2.27. The molecule has 3 rings (SSSR count). The molecule has 0 radical (unpaired) electrons. The molecule has 0 aromatic carbocycles. The van der Waals surface area contributed by atoms with Crippen LogP contribution in [0.5, 0.6) is 0 Å². The van der Waals surface area contributed by atoms with E-state index in [9.17, 15) is 0 Å². The van der Waals surface area contributed by atoms with Gasteiger partial charge in [-0.05, 0) is 35.5 Å². The summed E-state index contributed by atoms with van der Waals surface area (Å²) in [5, 5.41) is 0. The minimum Gasteiger partial charge on any atom is -0.399 e. The van der Waals surface area contributed by atoms with Crippen LogP contribution in [0.1, 0.15) is 12.8 Å². The van der Waals surface area contributed by atoms with Gasteiger partial charge in [-0.2, -0.15) is 0 Å². The van der Waals surface area contributed by atoms with Gasteiger partial charge in [-0.15, -0.1) is 0 Å². The van der Waals surface area contributed by atoms with Gasteiger partial charge in [-0.3, -0.25) is 0 Å². The normalized spacial score (nSPS) is 28.1. The molecule has 3 aliphatic rings. The highest BCUT2D eigenvalue weighted by Crippen LogP contribution is 2.50. The van der Waals surface area contributed by atoms with Crippen LogP contribution in [0.25, 0.3) is 0 Å². The molecule has 0 unspecified atom stereocenters. The zero-order valence-electron chi connectivity index (χ0n) is 8.44. The smallest absolute Gasteiger partial charge is 0.0282 e. The lowest BCUT2D eigenvalue weighted by molar-refractivity contribution is 0.736. The first-order valence-corrected chi connectivity index (χ1v) is 6.07. The quantitative estimate of drug-likeness (QED) is 0.671. The van der Waals surface area contributed by atoms with E-state index >= 15 is 0 Å². The number of hydrogen-bond donors (Lipinski definition) is 1. The van der Waals surface area contributed by atoms with Crippen molar-refractivity contribution in [3.05, 3.63) is 57.5 Å². The van der Waals surface area contributed by atoms with E-state index < -0.39 is 0 Å². The van der Waals surface area contributed by atoms with E-state index in [0.29, 0.717) is 5.92 Å². The van der Waals surface area contributed by atoms with Crippen LogP contribution in [0.2, 0.25) is 0 Å². The first-order valence-electron chi connectivity index (χ1n) is 5.26. The maximum atomic E-state index is 5.83. The molecule has 2 heteroatoms. The average Bonchev–Trinajstić information content (AvgIpc) is 2.42. The van der Waals surface area contributed by atoms with Gasteiger partial charge in [-0.1, -0.05) is 36.1 Å². The van der Waals surface area contributed by atoms with Crippen molar-refractivity contribution in [3.63, 3.8) is 0 Å². The molecule has 1 aliphatic heterocycles. The Labute approximate surface area is 94.1 Å². The second-order valence-corrected chi connectivity index (χ2v) is 5.14. The van der Waals surface area contributed by atoms with Crippen molar-refractivity contribution in [2.24, 2.45) is 11.7 Å². The summed E-state index contributed by atoms with van der Waals surface area (Å²) in [6.45, 7) is 0. The molecule has 15 heavy (non-hydrogen) atoms. The summed E-state index contributed by atoms with van der Waals surface area (Å²) in [6, 6.07) is 0. The van der Waals surface area contributed by atoms with Gasteiger partial charge in [-0.25, -0.2) is 0 Å². The molecule has 1 nitrogen and oxygen atoms in total. The Hall–Kier alpha value is -1.15. The number of hydrogen-bond acceptors (Lipinski definition) is 2. The van der Waals surface area contributed by atoms with Crippen molar-refractivity contribution >= 4 is 11.8 Å². The minimum atomic E-state index is 0.602. The predicted molar refractivity (Wildman–Crippen MR) is 66.0 cm³/mol. The summed E-state index contributed by atoms with van der Waals surface area (Å²) >= 11 is 1.89. The van der Waals surface area contributed by atoms with Gasteiger partial charge in [0, 0.05) is 16.5 Å². The molecular formula is C13H13NS. The second-order valence-electron chi connectivity index (χ2n) is 4.02. The third kappa shape index (κ3) is 1.49. The van der Waals surface area contributed by atoms with Gasteiger partial charge in [0.1, 0.15) is 0 Å². The molecule has 0 aromatic heterocycles. The number of nitrogens with two attached hydrogens (primary N) is 1. The zero-order valence-corrected chi connectivity index (χ0v) is 9.26. The lowest BCUT2D eigenvalue weighted by Gasteiger charge is -2.17. The number of fused-ring (bicyclic) bond motifs is 2. The van der Waals surface area contributed by atoms with Crippen LogP contribution >= 0.6 is 11.8 Å². The van der Waals surface area contributed by atoms with E-state index in [1.807, 2.05) is 11.8 Å². The molecule has 0 saturated heterocycles. The third-order valence-electron chi connectivity index (χ3n) is 3.04. The molecule has 76 valence electrons. The zero-order chi connectivity index (χ0) is 10.3. The predicted octanol–water partition coefficient (Wildman–Crippen LogP) is 3.25. The van der Waals surface area contributed by atoms with Crippen LogP contribution in [0.15, 0.2) is 57.5 Å². The summed E-state index contributed by atoms with van der Waals surface area (Å²) in [5.41, 5.74) is 8.32. The van der Waals surface area contributed by atoms with Crippen molar-refractivity contribution in [1.82, 2.24) is 0 Å². The molecule has 1 atom stereocenters. The van der Waals surface area contributed by atoms with Crippen LogP contribution in [-0.2, 0) is 0 Å². The van der Waals surface area contributed by atoms with Crippen molar-refractivity contribution in [2.75, 3.05) is 0 Å². The highest BCUT2D eigenvalue weighted by atomic mass is 32.2. The van der Waals surface area contributed by atoms with Gasteiger partial charge >= 0.3 is 0 Å². The van der Waals surface area contributed by atoms with Crippen LogP contribution in [0.3, 0.4) is 0 Å². The average molecular weight is 215 g/mol. The first kappa shape index (κ1) is 9.10. The third-order valence-corrected chi connectivity index (χ3v) is 4.30. The van der Waals surface area contributed by atoms with Crippen LogP contribution in [0.4, 0.5) is 0 Å². The van der Waals surface area contributed by atoms with Crippen LogP contribution < -0.4 is 5.73 Å². The standard InChI is InChI=1S/C13H13NS/c14-9-6-7-11-10-4-2-1-3-5-12(10)15-13(11)8-9/h1-3,5-6,8,11H,4,7,14H2/t11-/m0/s1. The Kier molecular flexibility index (Phi) is 2.10. The van der Waals surface area contributed by atoms with Gasteiger partial charge in [0.25, 0.3) is 0 Å². The molecule has 0 bridgehead atoms. The van der Waals surface area contributed by atoms with Crippen molar-refractivity contribution in [1.29, 1.82) is 0 Å².